The van der Waals surface area contributed by atoms with E-state index in [4.69, 9.17) is 23.3 Å². The second kappa shape index (κ2) is 34.6. The highest BCUT2D eigenvalue weighted by molar-refractivity contribution is 7.47. The van der Waals surface area contributed by atoms with Crippen LogP contribution in [0.15, 0.2) is 72.9 Å². The molecule has 0 amide bonds. The predicted molar refractivity (Wildman–Crippen MR) is 250 cm³/mol. The van der Waals surface area contributed by atoms with Gasteiger partial charge >= 0.3 is 27.6 Å². The lowest BCUT2D eigenvalue weighted by atomic mass is 9.85. The number of aliphatic hydroxyl groups is 4. The van der Waals surface area contributed by atoms with Gasteiger partial charge in [-0.3, -0.25) is 23.2 Å². The largest absolute Gasteiger partial charge is 0.472 e. The minimum Gasteiger partial charge on any atom is -0.462 e. The summed E-state index contributed by atoms with van der Waals surface area (Å²) in [6.07, 6.45) is 27.5. The van der Waals surface area contributed by atoms with Gasteiger partial charge in [-0.05, 0) is 83.5 Å². The fraction of sp³-hybridized carbons (Fsp3) is 0.702. The Hall–Kier alpha value is -2.60. The van der Waals surface area contributed by atoms with Crippen molar-refractivity contribution in [3.05, 3.63) is 72.9 Å². The van der Waals surface area contributed by atoms with Crippen LogP contribution in [0.4, 0.5) is 0 Å². The summed E-state index contributed by atoms with van der Waals surface area (Å²) < 4.78 is 55.0. The Labute approximate surface area is 391 Å². The molecule has 0 aromatic carbocycles. The van der Waals surface area contributed by atoms with Crippen molar-refractivity contribution in [3.63, 3.8) is 0 Å². The van der Waals surface area contributed by atoms with Crippen LogP contribution in [0, 0.1) is 0 Å². The highest BCUT2D eigenvalue weighted by atomic mass is 31.2. The van der Waals surface area contributed by atoms with Gasteiger partial charge in [-0.2, -0.15) is 0 Å². The zero-order valence-corrected chi connectivity index (χ0v) is 40.6. The van der Waals surface area contributed by atoms with Gasteiger partial charge in [-0.1, -0.05) is 119 Å². The Balaban J connectivity index is 1.83. The molecule has 1 aliphatic carbocycles. The molecule has 10 atom stereocenters. The van der Waals surface area contributed by atoms with E-state index in [1.54, 1.807) is 0 Å². The molecule has 0 aromatic heterocycles. The number of carbonyl (C=O) groups excluding carboxylic acids is 2. The van der Waals surface area contributed by atoms with Crippen LogP contribution in [0.3, 0.4) is 0 Å². The first-order chi connectivity index (χ1) is 31.6. The van der Waals surface area contributed by atoms with E-state index in [-0.39, 0.29) is 18.9 Å². The van der Waals surface area contributed by atoms with Crippen LogP contribution in [-0.2, 0) is 46.5 Å². The van der Waals surface area contributed by atoms with E-state index in [0.29, 0.717) is 25.4 Å². The standard InChI is InChI=1S/C47H78O17P2/c1-3-5-7-9-11-12-13-14-15-16-17-18-21-26-30-34-41(49)61-37(36-60-66(57,58)64-47-44(52)42(50)43(51)46(45(47)53)63-65(54,55)56)35-59-40(48)33-29-25-22-19-20-24-28-32-39-38(62-39)31-27-23-10-8-6-4-2/h5,7,11-12,14-15,19,22-24,27-28,37-39,42-47,50-53H,3-4,6,8-10,13,16-18,20-21,25-26,29-36H2,1-2H3,(H,57,58)(H2,54,55,56)/b7-5-,12-11-,15-14-,22-19-,27-23-,28-24-/t37-,38?,39?,42?,43?,44?,45?,46-,47+/m1/s1. The summed E-state index contributed by atoms with van der Waals surface area (Å²) in [4.78, 5) is 54.3. The molecule has 19 heteroatoms. The van der Waals surface area contributed by atoms with Crippen LogP contribution >= 0.6 is 15.6 Å². The number of ether oxygens (including phenoxy) is 3. The smallest absolute Gasteiger partial charge is 0.462 e. The Kier molecular flexibility index (Phi) is 31.2. The molecule has 2 rings (SSSR count). The lowest BCUT2D eigenvalue weighted by Crippen LogP contribution is -2.64. The molecule has 1 saturated heterocycles. The third-order valence-electron chi connectivity index (χ3n) is 10.7. The van der Waals surface area contributed by atoms with Crippen LogP contribution in [0.2, 0.25) is 0 Å². The molecule has 0 aromatic rings. The Bertz CT molecular complexity index is 1620. The van der Waals surface area contributed by atoms with Gasteiger partial charge in [0.05, 0.1) is 18.8 Å². The van der Waals surface area contributed by atoms with Crippen molar-refractivity contribution in [2.45, 2.75) is 197 Å². The molecule has 7 N–H and O–H groups in total. The van der Waals surface area contributed by atoms with Gasteiger partial charge in [0.2, 0.25) is 0 Å². The molecule has 1 aliphatic heterocycles. The number of aliphatic hydroxyl groups excluding tert-OH is 4. The van der Waals surface area contributed by atoms with Crippen molar-refractivity contribution >= 4 is 27.6 Å². The fourth-order valence-electron chi connectivity index (χ4n) is 6.90. The average molecular weight is 977 g/mol. The van der Waals surface area contributed by atoms with Gasteiger partial charge in [0, 0.05) is 12.8 Å². The number of hydrogen-bond acceptors (Lipinski definition) is 14. The maximum atomic E-state index is 13.0. The molecule has 0 radical (unpaired) electrons. The van der Waals surface area contributed by atoms with Crippen LogP contribution < -0.4 is 0 Å². The predicted octanol–water partition coefficient (Wildman–Crippen LogP) is 7.83. The van der Waals surface area contributed by atoms with Gasteiger partial charge in [0.15, 0.2) is 6.10 Å². The lowest BCUT2D eigenvalue weighted by Gasteiger charge is -2.43. The lowest BCUT2D eigenvalue weighted by molar-refractivity contribution is -0.216. The quantitative estimate of drug-likeness (QED) is 0.0103. The molecule has 378 valence electrons. The van der Waals surface area contributed by atoms with E-state index in [2.05, 4.69) is 79.1 Å². The van der Waals surface area contributed by atoms with Crippen LogP contribution in [0.1, 0.15) is 142 Å². The van der Waals surface area contributed by atoms with Crippen LogP contribution in [-0.4, -0.2) is 115 Å². The molecular weight excluding hydrogens is 898 g/mol. The molecular formula is C47H78O17P2. The Morgan fingerprint density at radius 3 is 1.68 bits per heavy atom. The summed E-state index contributed by atoms with van der Waals surface area (Å²) in [5.41, 5.74) is 0. The zero-order valence-electron chi connectivity index (χ0n) is 38.8. The second-order valence-corrected chi connectivity index (χ2v) is 19.1. The maximum Gasteiger partial charge on any atom is 0.472 e. The van der Waals surface area contributed by atoms with Crippen molar-refractivity contribution in [1.29, 1.82) is 0 Å². The SMILES string of the molecule is CC/C=C\C/C=C\C/C=C\CCCCCCCC(=O)O[C@H](COC(=O)CCC/C=C\C/C=C\CC1OC1C/C=C\CCCCC)COP(=O)(O)O[C@H]1C(O)C(O)C(O)[C@@H](OP(=O)(O)O)C1O. The van der Waals surface area contributed by atoms with E-state index in [0.717, 1.165) is 77.0 Å². The summed E-state index contributed by atoms with van der Waals surface area (Å²) in [5.74, 6) is -1.30. The van der Waals surface area contributed by atoms with E-state index < -0.39 is 83.5 Å². The molecule has 0 spiro atoms. The normalized spacial score (nSPS) is 25.2. The summed E-state index contributed by atoms with van der Waals surface area (Å²) in [5, 5.41) is 41.2. The summed E-state index contributed by atoms with van der Waals surface area (Å²) in [6, 6.07) is 0. The number of allylic oxidation sites excluding steroid dienone is 10. The monoisotopic (exact) mass is 976 g/mol. The first-order valence-electron chi connectivity index (χ1n) is 23.6. The van der Waals surface area contributed by atoms with Gasteiger partial charge < -0.3 is 49.3 Å². The van der Waals surface area contributed by atoms with E-state index >= 15 is 0 Å². The highest BCUT2D eigenvalue weighted by Gasteiger charge is 2.54. The number of phosphoric acid groups is 2. The highest BCUT2D eigenvalue weighted by Crippen LogP contribution is 2.49. The summed E-state index contributed by atoms with van der Waals surface area (Å²) in [6.45, 7) is 2.88. The molecule has 0 bridgehead atoms. The number of phosphoric ester groups is 2. The Morgan fingerprint density at radius 1 is 0.561 bits per heavy atom. The van der Waals surface area contributed by atoms with Gasteiger partial charge in [-0.25, -0.2) is 9.13 Å². The molecule has 2 fully saturated rings. The summed E-state index contributed by atoms with van der Waals surface area (Å²) in [7, 11) is -10.7. The molecule has 7 unspecified atom stereocenters. The topological polar surface area (TPSA) is 269 Å². The van der Waals surface area contributed by atoms with Crippen LogP contribution in [0.25, 0.3) is 0 Å². The van der Waals surface area contributed by atoms with Gasteiger partial charge in [0.1, 0.15) is 43.2 Å². The third-order valence-corrected chi connectivity index (χ3v) is 12.2. The number of esters is 2. The van der Waals surface area contributed by atoms with E-state index in [1.807, 2.05) is 12.2 Å². The number of unbranched alkanes of at least 4 members (excludes halogenated alkanes) is 9. The number of carbonyl (C=O) groups is 2. The summed E-state index contributed by atoms with van der Waals surface area (Å²) >= 11 is 0. The van der Waals surface area contributed by atoms with E-state index in [1.165, 1.54) is 19.3 Å². The molecule has 2 aliphatic rings. The molecule has 17 nitrogen and oxygen atoms in total. The third kappa shape index (κ3) is 28.0. The molecule has 1 heterocycles. The number of epoxide rings is 1. The first-order valence-corrected chi connectivity index (χ1v) is 26.6. The number of hydrogen-bond donors (Lipinski definition) is 7. The zero-order chi connectivity index (χ0) is 48.6. The average Bonchev–Trinajstić information content (AvgIpc) is 4.03. The molecule has 66 heavy (non-hydrogen) atoms. The Morgan fingerprint density at radius 2 is 1.06 bits per heavy atom. The van der Waals surface area contributed by atoms with Gasteiger partial charge in [0.25, 0.3) is 0 Å². The minimum atomic E-state index is -5.38. The second-order valence-electron chi connectivity index (χ2n) is 16.5. The van der Waals surface area contributed by atoms with Crippen molar-refractivity contribution < 1.29 is 81.6 Å². The van der Waals surface area contributed by atoms with Gasteiger partial charge in [-0.15, -0.1) is 0 Å². The van der Waals surface area contributed by atoms with Crippen LogP contribution in [0.5, 0.6) is 0 Å². The first kappa shape index (κ1) is 59.5. The van der Waals surface area contributed by atoms with Crippen molar-refractivity contribution in [1.82, 2.24) is 0 Å². The van der Waals surface area contributed by atoms with Crippen molar-refractivity contribution in [2.75, 3.05) is 13.2 Å². The van der Waals surface area contributed by atoms with Crippen molar-refractivity contribution in [3.8, 4) is 0 Å². The number of rotatable bonds is 37. The molecule has 1 saturated carbocycles. The maximum absolute atomic E-state index is 13.0. The minimum absolute atomic E-state index is 0.00625. The van der Waals surface area contributed by atoms with E-state index in [9.17, 15) is 53.8 Å². The fourth-order valence-corrected chi connectivity index (χ4v) is 8.44. The van der Waals surface area contributed by atoms with Crippen molar-refractivity contribution in [2.24, 2.45) is 0 Å².